The molecule has 0 spiro atoms. The number of aryl methyl sites for hydroxylation is 2. The van der Waals surface area contributed by atoms with Gasteiger partial charge in [-0.2, -0.15) is 5.10 Å². The highest BCUT2D eigenvalue weighted by Gasteiger charge is 2.10. The third kappa shape index (κ3) is 3.60. The van der Waals surface area contributed by atoms with Crippen LogP contribution in [0.5, 0.6) is 0 Å². The lowest BCUT2D eigenvalue weighted by Crippen LogP contribution is -2.23. The second kappa shape index (κ2) is 6.88. The Morgan fingerprint density at radius 1 is 1.24 bits per heavy atom. The first kappa shape index (κ1) is 16.9. The van der Waals surface area contributed by atoms with Crippen molar-refractivity contribution in [2.24, 2.45) is 7.05 Å². The molecule has 0 aliphatic rings. The largest absolute Gasteiger partial charge is 0.326 e. The standard InChI is InChI=1S/C18H21N5O2/c1-12(2)13-4-6-14(7-5-13)21-16(24)8-9-23-11-19-17-15(18(23)25)10-20-22(17)3/h4-7,10-12H,8-9H2,1-3H3,(H,21,24). The highest BCUT2D eigenvalue weighted by molar-refractivity contribution is 5.90. The van der Waals surface area contributed by atoms with E-state index in [4.69, 9.17) is 0 Å². The van der Waals surface area contributed by atoms with Crippen LogP contribution in [0.4, 0.5) is 5.69 Å². The van der Waals surface area contributed by atoms with Crippen molar-refractivity contribution >= 4 is 22.6 Å². The van der Waals surface area contributed by atoms with Gasteiger partial charge in [0.2, 0.25) is 5.91 Å². The predicted molar refractivity (Wildman–Crippen MR) is 96.5 cm³/mol. The molecule has 0 unspecified atom stereocenters. The van der Waals surface area contributed by atoms with E-state index in [-0.39, 0.29) is 24.4 Å². The Balaban J connectivity index is 1.64. The Hall–Kier alpha value is -2.96. The summed E-state index contributed by atoms with van der Waals surface area (Å²) in [6.45, 7) is 4.52. The fourth-order valence-corrected chi connectivity index (χ4v) is 2.62. The van der Waals surface area contributed by atoms with E-state index >= 15 is 0 Å². The van der Waals surface area contributed by atoms with Gasteiger partial charge in [-0.25, -0.2) is 4.98 Å². The van der Waals surface area contributed by atoms with E-state index in [0.29, 0.717) is 17.0 Å². The van der Waals surface area contributed by atoms with Crippen molar-refractivity contribution < 1.29 is 4.79 Å². The van der Waals surface area contributed by atoms with E-state index in [1.165, 1.54) is 22.7 Å². The van der Waals surface area contributed by atoms with E-state index in [0.717, 1.165) is 5.69 Å². The first-order valence-corrected chi connectivity index (χ1v) is 8.22. The van der Waals surface area contributed by atoms with Crippen LogP contribution in [0.25, 0.3) is 11.0 Å². The van der Waals surface area contributed by atoms with Gasteiger partial charge < -0.3 is 5.32 Å². The van der Waals surface area contributed by atoms with Crippen LogP contribution in [0.2, 0.25) is 0 Å². The van der Waals surface area contributed by atoms with E-state index in [1.807, 2.05) is 24.3 Å². The van der Waals surface area contributed by atoms with Crippen LogP contribution in [0, 0.1) is 0 Å². The molecule has 1 N–H and O–H groups in total. The zero-order chi connectivity index (χ0) is 18.0. The summed E-state index contributed by atoms with van der Waals surface area (Å²) in [7, 11) is 1.73. The summed E-state index contributed by atoms with van der Waals surface area (Å²) in [5.41, 5.74) is 2.33. The molecule has 0 aliphatic heterocycles. The Labute approximate surface area is 145 Å². The van der Waals surface area contributed by atoms with E-state index in [2.05, 4.69) is 29.2 Å². The highest BCUT2D eigenvalue weighted by Crippen LogP contribution is 2.17. The molecule has 0 atom stereocenters. The molecule has 130 valence electrons. The summed E-state index contributed by atoms with van der Waals surface area (Å²) >= 11 is 0. The van der Waals surface area contributed by atoms with Gasteiger partial charge in [-0.15, -0.1) is 0 Å². The van der Waals surface area contributed by atoms with Crippen molar-refractivity contribution in [1.82, 2.24) is 19.3 Å². The third-order valence-corrected chi connectivity index (χ3v) is 4.16. The maximum atomic E-state index is 12.4. The number of aromatic nitrogens is 4. The topological polar surface area (TPSA) is 81.8 Å². The number of carbonyl (C=O) groups excluding carboxylic acids is 1. The first-order chi connectivity index (χ1) is 12.0. The number of carbonyl (C=O) groups is 1. The Morgan fingerprint density at radius 2 is 1.96 bits per heavy atom. The minimum Gasteiger partial charge on any atom is -0.326 e. The number of nitrogens with one attached hydrogen (secondary N) is 1. The van der Waals surface area contributed by atoms with E-state index in [9.17, 15) is 9.59 Å². The van der Waals surface area contributed by atoms with Gasteiger partial charge in [0.05, 0.1) is 12.5 Å². The van der Waals surface area contributed by atoms with Gasteiger partial charge in [0.15, 0.2) is 5.65 Å². The van der Waals surface area contributed by atoms with Crippen LogP contribution >= 0.6 is 0 Å². The van der Waals surface area contributed by atoms with Gasteiger partial charge in [-0.3, -0.25) is 18.8 Å². The van der Waals surface area contributed by atoms with E-state index < -0.39 is 0 Å². The third-order valence-electron chi connectivity index (χ3n) is 4.16. The minimum atomic E-state index is -0.188. The lowest BCUT2D eigenvalue weighted by Gasteiger charge is -2.09. The van der Waals surface area contributed by atoms with Crippen molar-refractivity contribution in [3.8, 4) is 0 Å². The molecular formula is C18H21N5O2. The van der Waals surface area contributed by atoms with Crippen molar-refractivity contribution in [2.45, 2.75) is 32.7 Å². The van der Waals surface area contributed by atoms with Gasteiger partial charge in [-0.1, -0.05) is 26.0 Å². The fourth-order valence-electron chi connectivity index (χ4n) is 2.62. The van der Waals surface area contributed by atoms with Crippen LogP contribution in [-0.2, 0) is 18.4 Å². The molecule has 1 aromatic carbocycles. The summed E-state index contributed by atoms with van der Waals surface area (Å²) < 4.78 is 2.99. The SMILES string of the molecule is CC(C)c1ccc(NC(=O)CCn2cnc3c(cnn3C)c2=O)cc1. The van der Waals surface area contributed by atoms with Gasteiger partial charge in [-0.05, 0) is 23.6 Å². The minimum absolute atomic E-state index is 0.143. The number of hydrogen-bond acceptors (Lipinski definition) is 4. The Bertz CT molecular complexity index is 954. The average Bonchev–Trinajstić information content (AvgIpc) is 2.97. The molecule has 0 saturated heterocycles. The van der Waals surface area contributed by atoms with Crippen LogP contribution in [0.3, 0.4) is 0 Å². The van der Waals surface area contributed by atoms with Gasteiger partial charge >= 0.3 is 0 Å². The van der Waals surface area contributed by atoms with Crippen molar-refractivity contribution in [1.29, 1.82) is 0 Å². The molecule has 7 nitrogen and oxygen atoms in total. The zero-order valence-corrected chi connectivity index (χ0v) is 14.6. The number of benzene rings is 1. The summed E-state index contributed by atoms with van der Waals surface area (Å²) in [5, 5.41) is 7.33. The molecule has 1 amide bonds. The normalized spacial score (nSPS) is 11.2. The lowest BCUT2D eigenvalue weighted by molar-refractivity contribution is -0.116. The molecule has 25 heavy (non-hydrogen) atoms. The maximum absolute atomic E-state index is 12.4. The molecule has 0 fully saturated rings. The van der Waals surface area contributed by atoms with Crippen LogP contribution in [-0.4, -0.2) is 25.2 Å². The molecular weight excluding hydrogens is 318 g/mol. The quantitative estimate of drug-likeness (QED) is 0.773. The Morgan fingerprint density at radius 3 is 2.64 bits per heavy atom. The molecule has 2 heterocycles. The number of nitrogens with zero attached hydrogens (tertiary/aromatic N) is 4. The fraction of sp³-hybridized carbons (Fsp3) is 0.333. The lowest BCUT2D eigenvalue weighted by atomic mass is 10.0. The number of anilines is 1. The predicted octanol–water partition coefficient (Wildman–Crippen LogP) is 2.28. The summed E-state index contributed by atoms with van der Waals surface area (Å²) in [4.78, 5) is 28.7. The Kier molecular flexibility index (Phi) is 4.65. The zero-order valence-electron chi connectivity index (χ0n) is 14.6. The van der Waals surface area contributed by atoms with Gasteiger partial charge in [0.1, 0.15) is 5.39 Å². The first-order valence-electron chi connectivity index (χ1n) is 8.22. The smallest absolute Gasteiger partial charge is 0.264 e. The highest BCUT2D eigenvalue weighted by atomic mass is 16.2. The number of rotatable bonds is 5. The molecule has 0 radical (unpaired) electrons. The molecule has 3 rings (SSSR count). The van der Waals surface area contributed by atoms with Gasteiger partial charge in [0.25, 0.3) is 5.56 Å². The number of amides is 1. The van der Waals surface area contributed by atoms with Crippen molar-refractivity contribution in [3.63, 3.8) is 0 Å². The summed E-state index contributed by atoms with van der Waals surface area (Å²) in [5.74, 6) is 0.307. The second-order valence-corrected chi connectivity index (χ2v) is 6.32. The van der Waals surface area contributed by atoms with Crippen LogP contribution < -0.4 is 10.9 Å². The number of fused-ring (bicyclic) bond motifs is 1. The monoisotopic (exact) mass is 339 g/mol. The summed E-state index contributed by atoms with van der Waals surface area (Å²) in [6, 6.07) is 7.79. The van der Waals surface area contributed by atoms with Gasteiger partial charge in [0, 0.05) is 25.7 Å². The van der Waals surface area contributed by atoms with Crippen LogP contribution in [0.15, 0.2) is 41.6 Å². The van der Waals surface area contributed by atoms with E-state index in [1.54, 1.807) is 11.7 Å². The average molecular weight is 339 g/mol. The molecule has 0 aliphatic carbocycles. The van der Waals surface area contributed by atoms with Crippen molar-refractivity contribution in [3.05, 3.63) is 52.7 Å². The maximum Gasteiger partial charge on any atom is 0.264 e. The van der Waals surface area contributed by atoms with Crippen LogP contribution in [0.1, 0.15) is 31.7 Å². The molecule has 0 saturated carbocycles. The number of hydrogen-bond donors (Lipinski definition) is 1. The molecule has 2 aromatic heterocycles. The van der Waals surface area contributed by atoms with Crippen molar-refractivity contribution in [2.75, 3.05) is 5.32 Å². The molecule has 3 aromatic rings. The summed E-state index contributed by atoms with van der Waals surface area (Å²) in [6.07, 6.45) is 3.15. The molecule has 0 bridgehead atoms. The molecule has 7 heteroatoms. The second-order valence-electron chi connectivity index (χ2n) is 6.32.